The smallest absolute Gasteiger partial charge is 0.147 e. The number of nitrogens with one attached hydrogen (secondary N) is 1. The third-order valence-electron chi connectivity index (χ3n) is 5.20. The number of hydrogen-bond acceptors (Lipinski definition) is 5. The van der Waals surface area contributed by atoms with Crippen molar-refractivity contribution in [3.63, 3.8) is 0 Å². The van der Waals surface area contributed by atoms with Crippen LogP contribution in [0.1, 0.15) is 5.56 Å². The van der Waals surface area contributed by atoms with E-state index in [4.69, 9.17) is 9.97 Å². The molecule has 0 atom stereocenters. The summed E-state index contributed by atoms with van der Waals surface area (Å²) < 4.78 is 2.16. The normalized spacial score (nSPS) is 14.5. The van der Waals surface area contributed by atoms with Crippen molar-refractivity contribution in [2.45, 2.75) is 6.92 Å². The molecular weight excluding hydrogens is 348 g/mol. The summed E-state index contributed by atoms with van der Waals surface area (Å²) in [6, 6.07) is 14.6. The molecule has 140 valence electrons. The van der Waals surface area contributed by atoms with Crippen LogP contribution in [0.4, 0.5) is 5.82 Å². The molecule has 0 unspecified atom stereocenters. The quantitative estimate of drug-likeness (QED) is 0.600. The first-order chi connectivity index (χ1) is 13.8. The van der Waals surface area contributed by atoms with Crippen molar-refractivity contribution in [3.8, 4) is 17.1 Å². The van der Waals surface area contributed by atoms with Gasteiger partial charge in [-0.05, 0) is 37.3 Å². The number of aromatic nitrogens is 4. The Morgan fingerprint density at radius 1 is 0.929 bits per heavy atom. The highest BCUT2D eigenvalue weighted by molar-refractivity contribution is 5.82. The highest BCUT2D eigenvalue weighted by Gasteiger charge is 2.16. The van der Waals surface area contributed by atoms with Crippen molar-refractivity contribution < 1.29 is 0 Å². The topological polar surface area (TPSA) is 58.9 Å². The minimum Gasteiger partial charge on any atom is -0.354 e. The van der Waals surface area contributed by atoms with Crippen LogP contribution in [0.2, 0.25) is 0 Å². The fourth-order valence-electron chi connectivity index (χ4n) is 3.67. The van der Waals surface area contributed by atoms with Gasteiger partial charge in [-0.25, -0.2) is 9.97 Å². The maximum Gasteiger partial charge on any atom is 0.147 e. The van der Waals surface area contributed by atoms with Gasteiger partial charge in [-0.15, -0.1) is 0 Å². The van der Waals surface area contributed by atoms with Crippen LogP contribution in [0.15, 0.2) is 61.1 Å². The lowest BCUT2D eigenvalue weighted by Crippen LogP contribution is -2.43. The Hall–Kier alpha value is -3.25. The zero-order valence-electron chi connectivity index (χ0n) is 15.8. The van der Waals surface area contributed by atoms with E-state index < -0.39 is 0 Å². The van der Waals surface area contributed by atoms with Gasteiger partial charge in [0.05, 0.1) is 17.2 Å². The van der Waals surface area contributed by atoms with E-state index in [1.165, 1.54) is 5.56 Å². The van der Waals surface area contributed by atoms with Gasteiger partial charge in [0.25, 0.3) is 0 Å². The minimum absolute atomic E-state index is 0.881. The summed E-state index contributed by atoms with van der Waals surface area (Å²) in [7, 11) is 0. The number of hydrogen-bond donors (Lipinski definition) is 1. The van der Waals surface area contributed by atoms with E-state index >= 15 is 0 Å². The Labute approximate surface area is 163 Å². The molecule has 5 rings (SSSR count). The molecule has 0 aliphatic carbocycles. The van der Waals surface area contributed by atoms with Crippen LogP contribution in [-0.2, 0) is 0 Å². The molecule has 0 spiro atoms. The third kappa shape index (κ3) is 3.01. The van der Waals surface area contributed by atoms with Crippen molar-refractivity contribution in [2.24, 2.45) is 0 Å². The summed E-state index contributed by atoms with van der Waals surface area (Å²) in [5.74, 6) is 1.90. The first-order valence-corrected chi connectivity index (χ1v) is 9.61. The van der Waals surface area contributed by atoms with Crippen LogP contribution in [0.5, 0.6) is 0 Å². The number of aryl methyl sites for hydroxylation is 1. The first kappa shape index (κ1) is 16.9. The summed E-state index contributed by atoms with van der Waals surface area (Å²) in [6.07, 6.45) is 5.58. The SMILES string of the molecule is Cc1ccc(-n2c(-c3ccc(N4CCNCC4)nc3)nc3ccncc32)cc1. The second-order valence-corrected chi connectivity index (χ2v) is 7.11. The number of fused-ring (bicyclic) bond motifs is 1. The minimum atomic E-state index is 0.881. The standard InChI is InChI=1S/C22H22N6/c1-16-2-5-18(6-3-16)28-20-15-24-9-8-19(20)26-22(28)17-4-7-21(25-14-17)27-12-10-23-11-13-27/h2-9,14-15,23H,10-13H2,1H3. The number of benzene rings is 1. The summed E-state index contributed by atoms with van der Waals surface area (Å²) in [5, 5.41) is 3.38. The highest BCUT2D eigenvalue weighted by atomic mass is 15.2. The summed E-state index contributed by atoms with van der Waals surface area (Å²) in [6.45, 7) is 6.07. The molecule has 1 saturated heterocycles. The molecule has 1 aliphatic heterocycles. The van der Waals surface area contributed by atoms with Gasteiger partial charge in [-0.3, -0.25) is 9.55 Å². The second kappa shape index (κ2) is 7.05. The fraction of sp³-hybridized carbons (Fsp3) is 0.227. The Balaban J connectivity index is 1.60. The summed E-state index contributed by atoms with van der Waals surface area (Å²) in [5.41, 5.74) is 5.22. The van der Waals surface area contributed by atoms with E-state index in [1.807, 2.05) is 18.5 Å². The molecular formula is C22H22N6. The Morgan fingerprint density at radius 2 is 1.75 bits per heavy atom. The fourth-order valence-corrected chi connectivity index (χ4v) is 3.67. The van der Waals surface area contributed by atoms with Gasteiger partial charge in [-0.1, -0.05) is 17.7 Å². The molecule has 1 fully saturated rings. The van der Waals surface area contributed by atoms with E-state index in [1.54, 1.807) is 6.20 Å². The maximum absolute atomic E-state index is 4.88. The third-order valence-corrected chi connectivity index (χ3v) is 5.20. The molecule has 0 bridgehead atoms. The largest absolute Gasteiger partial charge is 0.354 e. The number of rotatable bonds is 3. The van der Waals surface area contributed by atoms with Gasteiger partial charge in [0.1, 0.15) is 11.6 Å². The van der Waals surface area contributed by atoms with Gasteiger partial charge >= 0.3 is 0 Å². The van der Waals surface area contributed by atoms with Gasteiger partial charge in [0.15, 0.2) is 0 Å². The van der Waals surface area contributed by atoms with E-state index in [2.05, 4.69) is 63.1 Å². The van der Waals surface area contributed by atoms with Crippen LogP contribution < -0.4 is 10.2 Å². The molecule has 4 heterocycles. The maximum atomic E-state index is 4.88. The summed E-state index contributed by atoms with van der Waals surface area (Å²) in [4.78, 5) is 16.2. The van der Waals surface area contributed by atoms with Crippen molar-refractivity contribution >= 4 is 16.9 Å². The number of piperazine rings is 1. The lowest BCUT2D eigenvalue weighted by Gasteiger charge is -2.28. The van der Waals surface area contributed by atoms with E-state index in [0.29, 0.717) is 0 Å². The lowest BCUT2D eigenvalue weighted by atomic mass is 10.2. The number of pyridine rings is 2. The number of imidazole rings is 1. The highest BCUT2D eigenvalue weighted by Crippen LogP contribution is 2.28. The van der Waals surface area contributed by atoms with Crippen molar-refractivity contribution in [2.75, 3.05) is 31.1 Å². The van der Waals surface area contributed by atoms with Gasteiger partial charge in [0, 0.05) is 49.8 Å². The zero-order valence-corrected chi connectivity index (χ0v) is 15.8. The molecule has 1 N–H and O–H groups in total. The Bertz CT molecular complexity index is 1090. The molecule has 0 amide bonds. The zero-order chi connectivity index (χ0) is 18.9. The lowest BCUT2D eigenvalue weighted by molar-refractivity contribution is 0.585. The van der Waals surface area contributed by atoms with Gasteiger partial charge in [0.2, 0.25) is 0 Å². The predicted octanol–water partition coefficient (Wildman–Crippen LogP) is 3.20. The number of anilines is 1. The molecule has 28 heavy (non-hydrogen) atoms. The Morgan fingerprint density at radius 3 is 2.50 bits per heavy atom. The molecule has 6 heteroatoms. The van der Waals surface area contributed by atoms with E-state index in [0.717, 1.165) is 60.1 Å². The molecule has 0 radical (unpaired) electrons. The van der Waals surface area contributed by atoms with Crippen LogP contribution in [0.25, 0.3) is 28.1 Å². The average molecular weight is 370 g/mol. The average Bonchev–Trinajstić information content (AvgIpc) is 3.15. The monoisotopic (exact) mass is 370 g/mol. The van der Waals surface area contributed by atoms with Crippen LogP contribution >= 0.6 is 0 Å². The van der Waals surface area contributed by atoms with Crippen LogP contribution in [-0.4, -0.2) is 45.7 Å². The second-order valence-electron chi connectivity index (χ2n) is 7.11. The first-order valence-electron chi connectivity index (χ1n) is 9.61. The van der Waals surface area contributed by atoms with Gasteiger partial charge in [-0.2, -0.15) is 0 Å². The van der Waals surface area contributed by atoms with Crippen LogP contribution in [0, 0.1) is 6.92 Å². The van der Waals surface area contributed by atoms with Crippen molar-refractivity contribution in [1.82, 2.24) is 24.8 Å². The molecule has 0 saturated carbocycles. The van der Waals surface area contributed by atoms with Crippen molar-refractivity contribution in [3.05, 3.63) is 66.6 Å². The van der Waals surface area contributed by atoms with Crippen LogP contribution in [0.3, 0.4) is 0 Å². The Kier molecular flexibility index (Phi) is 4.25. The number of nitrogens with zero attached hydrogens (tertiary/aromatic N) is 5. The predicted molar refractivity (Wildman–Crippen MR) is 112 cm³/mol. The van der Waals surface area contributed by atoms with Crippen molar-refractivity contribution in [1.29, 1.82) is 0 Å². The molecule has 1 aromatic carbocycles. The van der Waals surface area contributed by atoms with E-state index in [-0.39, 0.29) is 0 Å². The molecule has 3 aromatic heterocycles. The summed E-state index contributed by atoms with van der Waals surface area (Å²) >= 11 is 0. The molecule has 1 aliphatic rings. The molecule has 4 aromatic rings. The van der Waals surface area contributed by atoms with Gasteiger partial charge < -0.3 is 10.2 Å². The van der Waals surface area contributed by atoms with E-state index in [9.17, 15) is 0 Å². The molecule has 6 nitrogen and oxygen atoms in total.